The molecule has 2 atom stereocenters. The first kappa shape index (κ1) is 12.7. The van der Waals surface area contributed by atoms with Crippen LogP contribution < -0.4 is 0 Å². The van der Waals surface area contributed by atoms with Gasteiger partial charge in [-0.3, -0.25) is 0 Å². The third-order valence-electron chi connectivity index (χ3n) is 2.74. The SMILES string of the molecule is CCC(C)OC(C)(C(=O)O)c1ccccc1. The molecule has 2 unspecified atom stereocenters. The highest BCUT2D eigenvalue weighted by Crippen LogP contribution is 2.27. The summed E-state index contributed by atoms with van der Waals surface area (Å²) in [5.41, 5.74) is -0.598. The molecule has 1 aromatic rings. The van der Waals surface area contributed by atoms with Crippen LogP contribution in [0.4, 0.5) is 0 Å². The molecule has 0 saturated carbocycles. The average molecular weight is 222 g/mol. The lowest BCUT2D eigenvalue weighted by atomic mass is 9.95. The Morgan fingerprint density at radius 2 is 2.00 bits per heavy atom. The number of carboxylic acid groups (broad SMARTS) is 1. The zero-order valence-corrected chi connectivity index (χ0v) is 9.93. The molecule has 16 heavy (non-hydrogen) atoms. The second-order valence-corrected chi connectivity index (χ2v) is 4.04. The standard InChI is InChI=1S/C13H18O3/c1-4-10(2)16-13(3,12(14)15)11-8-6-5-7-9-11/h5-10H,4H2,1-3H3,(H,14,15). The van der Waals surface area contributed by atoms with Gasteiger partial charge in [-0.2, -0.15) is 0 Å². The van der Waals surface area contributed by atoms with Crippen molar-refractivity contribution in [3.63, 3.8) is 0 Å². The average Bonchev–Trinajstić information content (AvgIpc) is 2.29. The second kappa shape index (κ2) is 5.12. The number of hydrogen-bond donors (Lipinski definition) is 1. The van der Waals surface area contributed by atoms with E-state index in [9.17, 15) is 9.90 Å². The molecule has 88 valence electrons. The zero-order valence-electron chi connectivity index (χ0n) is 9.93. The highest BCUT2D eigenvalue weighted by atomic mass is 16.5. The fourth-order valence-corrected chi connectivity index (χ4v) is 1.48. The van der Waals surface area contributed by atoms with Crippen LogP contribution in [0.15, 0.2) is 30.3 Å². The van der Waals surface area contributed by atoms with Gasteiger partial charge in [0.2, 0.25) is 0 Å². The Labute approximate surface area is 96.1 Å². The number of carboxylic acids is 1. The fourth-order valence-electron chi connectivity index (χ4n) is 1.48. The van der Waals surface area contributed by atoms with Gasteiger partial charge in [-0.25, -0.2) is 4.79 Å². The lowest BCUT2D eigenvalue weighted by Crippen LogP contribution is -2.38. The molecular weight excluding hydrogens is 204 g/mol. The Morgan fingerprint density at radius 1 is 1.44 bits per heavy atom. The van der Waals surface area contributed by atoms with Crippen molar-refractivity contribution < 1.29 is 14.6 Å². The van der Waals surface area contributed by atoms with E-state index in [1.807, 2.05) is 32.0 Å². The minimum Gasteiger partial charge on any atom is -0.479 e. The van der Waals surface area contributed by atoms with E-state index in [0.717, 1.165) is 6.42 Å². The summed E-state index contributed by atoms with van der Waals surface area (Å²) in [6, 6.07) is 9.04. The number of hydrogen-bond acceptors (Lipinski definition) is 2. The summed E-state index contributed by atoms with van der Waals surface area (Å²) in [4.78, 5) is 11.3. The van der Waals surface area contributed by atoms with Gasteiger partial charge in [0.15, 0.2) is 5.60 Å². The molecule has 0 bridgehead atoms. The third-order valence-corrected chi connectivity index (χ3v) is 2.74. The molecule has 0 aliphatic carbocycles. The van der Waals surface area contributed by atoms with Crippen LogP contribution in [0.1, 0.15) is 32.8 Å². The van der Waals surface area contributed by atoms with Crippen LogP contribution >= 0.6 is 0 Å². The van der Waals surface area contributed by atoms with Crippen molar-refractivity contribution in [2.75, 3.05) is 0 Å². The Hall–Kier alpha value is -1.35. The van der Waals surface area contributed by atoms with E-state index < -0.39 is 11.6 Å². The van der Waals surface area contributed by atoms with Gasteiger partial charge >= 0.3 is 5.97 Å². The van der Waals surface area contributed by atoms with Crippen LogP contribution in [0.3, 0.4) is 0 Å². The summed E-state index contributed by atoms with van der Waals surface area (Å²) in [5, 5.41) is 9.31. The van der Waals surface area contributed by atoms with Crippen LogP contribution in [0.2, 0.25) is 0 Å². The van der Waals surface area contributed by atoms with Gasteiger partial charge in [0.05, 0.1) is 6.10 Å². The first-order valence-corrected chi connectivity index (χ1v) is 5.47. The van der Waals surface area contributed by atoms with Crippen molar-refractivity contribution >= 4 is 5.97 Å². The van der Waals surface area contributed by atoms with Crippen LogP contribution in [0, 0.1) is 0 Å². The molecule has 0 aliphatic heterocycles. The van der Waals surface area contributed by atoms with E-state index in [1.165, 1.54) is 0 Å². The van der Waals surface area contributed by atoms with Crippen molar-refractivity contribution in [1.82, 2.24) is 0 Å². The first-order valence-electron chi connectivity index (χ1n) is 5.47. The number of carbonyl (C=O) groups is 1. The Bertz CT molecular complexity index is 347. The van der Waals surface area contributed by atoms with Crippen molar-refractivity contribution in [2.45, 2.75) is 38.9 Å². The van der Waals surface area contributed by atoms with Gasteiger partial charge in [0.25, 0.3) is 0 Å². The summed E-state index contributed by atoms with van der Waals surface area (Å²) in [6.07, 6.45) is 0.705. The number of benzene rings is 1. The number of rotatable bonds is 5. The van der Waals surface area contributed by atoms with Crippen LogP contribution in [-0.4, -0.2) is 17.2 Å². The normalized spacial score (nSPS) is 16.4. The van der Waals surface area contributed by atoms with E-state index in [4.69, 9.17) is 4.74 Å². The van der Waals surface area contributed by atoms with Crippen molar-refractivity contribution in [1.29, 1.82) is 0 Å². The van der Waals surface area contributed by atoms with Gasteiger partial charge in [-0.05, 0) is 25.8 Å². The monoisotopic (exact) mass is 222 g/mol. The second-order valence-electron chi connectivity index (χ2n) is 4.04. The van der Waals surface area contributed by atoms with E-state index in [2.05, 4.69) is 0 Å². The molecule has 0 spiro atoms. The smallest absolute Gasteiger partial charge is 0.340 e. The fraction of sp³-hybridized carbons (Fsp3) is 0.462. The van der Waals surface area contributed by atoms with Crippen LogP contribution in [-0.2, 0) is 15.1 Å². The molecular formula is C13H18O3. The topological polar surface area (TPSA) is 46.5 Å². The first-order chi connectivity index (χ1) is 7.50. The predicted octanol–water partition coefficient (Wildman–Crippen LogP) is 2.80. The molecule has 0 fully saturated rings. The molecule has 3 heteroatoms. The van der Waals surface area contributed by atoms with E-state index in [-0.39, 0.29) is 6.10 Å². The number of ether oxygens (including phenoxy) is 1. The van der Waals surface area contributed by atoms with Crippen molar-refractivity contribution in [3.05, 3.63) is 35.9 Å². The van der Waals surface area contributed by atoms with Crippen molar-refractivity contribution in [3.8, 4) is 0 Å². The van der Waals surface area contributed by atoms with Crippen molar-refractivity contribution in [2.24, 2.45) is 0 Å². The highest BCUT2D eigenvalue weighted by Gasteiger charge is 2.37. The van der Waals surface area contributed by atoms with Gasteiger partial charge in [-0.15, -0.1) is 0 Å². The molecule has 1 aromatic carbocycles. The minimum atomic E-state index is -1.27. The maximum absolute atomic E-state index is 11.3. The molecule has 0 amide bonds. The molecule has 3 nitrogen and oxygen atoms in total. The Balaban J connectivity index is 3.02. The molecule has 0 aliphatic rings. The van der Waals surface area contributed by atoms with Crippen LogP contribution in [0.5, 0.6) is 0 Å². The van der Waals surface area contributed by atoms with Gasteiger partial charge in [0.1, 0.15) is 0 Å². The largest absolute Gasteiger partial charge is 0.479 e. The molecule has 1 N–H and O–H groups in total. The molecule has 0 aromatic heterocycles. The lowest BCUT2D eigenvalue weighted by Gasteiger charge is -2.29. The summed E-state index contributed by atoms with van der Waals surface area (Å²) < 4.78 is 5.64. The van der Waals surface area contributed by atoms with Gasteiger partial charge in [0, 0.05) is 0 Å². The predicted molar refractivity (Wildman–Crippen MR) is 62.3 cm³/mol. The zero-order chi connectivity index (χ0) is 12.2. The van der Waals surface area contributed by atoms with Gasteiger partial charge in [-0.1, -0.05) is 37.3 Å². The maximum atomic E-state index is 11.3. The maximum Gasteiger partial charge on any atom is 0.340 e. The van der Waals surface area contributed by atoms with Gasteiger partial charge < -0.3 is 9.84 Å². The lowest BCUT2D eigenvalue weighted by molar-refractivity contribution is -0.172. The Kier molecular flexibility index (Phi) is 4.07. The summed E-state index contributed by atoms with van der Waals surface area (Å²) >= 11 is 0. The quantitative estimate of drug-likeness (QED) is 0.833. The molecule has 0 saturated heterocycles. The third kappa shape index (κ3) is 2.61. The highest BCUT2D eigenvalue weighted by molar-refractivity contribution is 5.78. The summed E-state index contributed by atoms with van der Waals surface area (Å²) in [6.45, 7) is 5.44. The minimum absolute atomic E-state index is 0.0821. The van der Waals surface area contributed by atoms with E-state index in [0.29, 0.717) is 5.56 Å². The summed E-state index contributed by atoms with van der Waals surface area (Å²) in [5.74, 6) is -0.959. The van der Waals surface area contributed by atoms with Crippen LogP contribution in [0.25, 0.3) is 0 Å². The Morgan fingerprint density at radius 3 is 2.44 bits per heavy atom. The summed E-state index contributed by atoms with van der Waals surface area (Å²) in [7, 11) is 0. The molecule has 0 radical (unpaired) electrons. The molecule has 0 heterocycles. The molecule has 1 rings (SSSR count). The van der Waals surface area contributed by atoms with E-state index >= 15 is 0 Å². The van der Waals surface area contributed by atoms with E-state index in [1.54, 1.807) is 19.1 Å². The number of aliphatic carboxylic acids is 1.